The zero-order chi connectivity index (χ0) is 19.0. The summed E-state index contributed by atoms with van der Waals surface area (Å²) in [6.07, 6.45) is 0. The van der Waals surface area contributed by atoms with Gasteiger partial charge in [0.15, 0.2) is 12.3 Å². The molecule has 0 N–H and O–H groups in total. The molecule has 1 amide bonds. The van der Waals surface area contributed by atoms with Gasteiger partial charge in [0.2, 0.25) is 5.88 Å². The van der Waals surface area contributed by atoms with Crippen LogP contribution in [0, 0.1) is 20.8 Å². The van der Waals surface area contributed by atoms with Crippen LogP contribution >= 0.6 is 15.9 Å². The van der Waals surface area contributed by atoms with E-state index in [2.05, 4.69) is 26.0 Å². The van der Waals surface area contributed by atoms with Crippen molar-refractivity contribution in [3.05, 3.63) is 45.6 Å². The molecule has 0 atom stereocenters. The molecule has 2 heterocycles. The molecule has 0 radical (unpaired) electrons. The topological polar surface area (TPSA) is 60.2 Å². The minimum Gasteiger partial charge on any atom is -0.466 e. The number of halogens is 1. The van der Waals surface area contributed by atoms with Crippen LogP contribution in [0.2, 0.25) is 0 Å². The molecule has 0 saturated heterocycles. The summed E-state index contributed by atoms with van der Waals surface area (Å²) in [5.41, 5.74) is 4.56. The van der Waals surface area contributed by atoms with Crippen LogP contribution in [0.1, 0.15) is 16.8 Å². The third kappa shape index (κ3) is 3.44. The van der Waals surface area contributed by atoms with E-state index in [1.807, 2.05) is 52.1 Å². The fraction of sp³-hybridized carbons (Fsp3) is 0.316. The third-order valence-corrected chi connectivity index (χ3v) is 4.81. The summed E-state index contributed by atoms with van der Waals surface area (Å²) in [5.74, 6) is 0.286. The summed E-state index contributed by atoms with van der Waals surface area (Å²) >= 11 is 3.44. The number of amides is 1. The third-order valence-electron chi connectivity index (χ3n) is 4.31. The molecule has 0 aliphatic heterocycles. The lowest BCUT2D eigenvalue weighted by Crippen LogP contribution is -2.31. The second kappa shape index (κ2) is 7.07. The van der Waals surface area contributed by atoms with Crippen molar-refractivity contribution in [3.63, 3.8) is 0 Å². The summed E-state index contributed by atoms with van der Waals surface area (Å²) in [6.45, 7) is 5.81. The van der Waals surface area contributed by atoms with Crippen molar-refractivity contribution < 1.29 is 9.53 Å². The Balaban J connectivity index is 1.81. The van der Waals surface area contributed by atoms with Gasteiger partial charge in [-0.3, -0.25) is 4.79 Å². The molecule has 0 aliphatic carbocycles. The number of aryl methyl sites for hydroxylation is 4. The fourth-order valence-corrected chi connectivity index (χ4v) is 3.48. The molecule has 1 aromatic carbocycles. The van der Waals surface area contributed by atoms with E-state index in [0.717, 1.165) is 38.0 Å². The Morgan fingerprint density at radius 2 is 1.96 bits per heavy atom. The summed E-state index contributed by atoms with van der Waals surface area (Å²) in [6, 6.07) is 7.78. The Hall–Kier alpha value is -2.41. The molecule has 0 saturated carbocycles. The van der Waals surface area contributed by atoms with E-state index >= 15 is 0 Å². The number of likely N-dealkylation sites (N-methyl/N-ethyl adjacent to an activating group) is 1. The Morgan fingerprint density at radius 3 is 2.65 bits per heavy atom. The number of nitrogens with zero attached hydrogens (tertiary/aromatic N) is 4. The Morgan fingerprint density at radius 1 is 1.23 bits per heavy atom. The van der Waals surface area contributed by atoms with E-state index in [9.17, 15) is 4.79 Å². The number of benzene rings is 1. The first kappa shape index (κ1) is 18.4. The van der Waals surface area contributed by atoms with Crippen molar-refractivity contribution in [1.82, 2.24) is 14.8 Å². The van der Waals surface area contributed by atoms with Crippen LogP contribution in [0.4, 0.5) is 5.69 Å². The molecule has 0 bridgehead atoms. The predicted molar refractivity (Wildman–Crippen MR) is 106 cm³/mol. The Bertz CT molecular complexity index is 997. The molecule has 3 rings (SSSR count). The van der Waals surface area contributed by atoms with Gasteiger partial charge in [-0.2, -0.15) is 0 Å². The van der Waals surface area contributed by atoms with E-state index in [1.54, 1.807) is 16.6 Å². The molecular weight excluding hydrogens is 396 g/mol. The van der Waals surface area contributed by atoms with E-state index in [1.165, 1.54) is 0 Å². The van der Waals surface area contributed by atoms with E-state index < -0.39 is 0 Å². The largest absolute Gasteiger partial charge is 0.466 e. The highest BCUT2D eigenvalue weighted by atomic mass is 79.9. The maximum Gasteiger partial charge on any atom is 0.264 e. The lowest BCUT2D eigenvalue weighted by atomic mass is 10.2. The highest BCUT2D eigenvalue weighted by Gasteiger charge is 2.18. The minimum atomic E-state index is -0.146. The number of aromatic nitrogens is 3. The quantitative estimate of drug-likeness (QED) is 0.650. The predicted octanol–water partition coefficient (Wildman–Crippen LogP) is 3.70. The first-order valence-corrected chi connectivity index (χ1v) is 9.03. The standard InChI is InChI=1S/C19H21BrN4O2/c1-11-9-14(20)6-7-15(11)23(4)16(25)10-26-19-17-12(2)8-13(3)21-18(17)24(5)22-19/h6-9H,10H2,1-5H3. The number of anilines is 1. The number of hydrogen-bond acceptors (Lipinski definition) is 4. The Kier molecular flexibility index (Phi) is 5.00. The van der Waals surface area contributed by atoms with E-state index in [0.29, 0.717) is 5.88 Å². The first-order chi connectivity index (χ1) is 12.3. The normalized spacial score (nSPS) is 11.0. The molecule has 0 unspecified atom stereocenters. The van der Waals surface area contributed by atoms with Gasteiger partial charge in [0.25, 0.3) is 5.91 Å². The molecular formula is C19H21BrN4O2. The summed E-state index contributed by atoms with van der Waals surface area (Å²) in [5, 5.41) is 5.22. The van der Waals surface area contributed by atoms with Crippen molar-refractivity contribution >= 4 is 38.6 Å². The number of rotatable bonds is 4. The number of carbonyl (C=O) groups excluding carboxylic acids is 1. The van der Waals surface area contributed by atoms with Crippen LogP contribution in [0.5, 0.6) is 5.88 Å². The van der Waals surface area contributed by atoms with Crippen LogP contribution in [-0.4, -0.2) is 34.3 Å². The average Bonchev–Trinajstić information content (AvgIpc) is 2.88. The number of pyridine rings is 1. The molecule has 2 aromatic heterocycles. The second-order valence-electron chi connectivity index (χ2n) is 6.38. The van der Waals surface area contributed by atoms with Gasteiger partial charge in [-0.15, -0.1) is 5.10 Å². The van der Waals surface area contributed by atoms with Crippen LogP contribution in [0.3, 0.4) is 0 Å². The van der Waals surface area contributed by atoms with Crippen molar-refractivity contribution in [1.29, 1.82) is 0 Å². The van der Waals surface area contributed by atoms with Crippen LogP contribution in [0.15, 0.2) is 28.7 Å². The molecule has 136 valence electrons. The zero-order valence-corrected chi connectivity index (χ0v) is 17.1. The fourth-order valence-electron chi connectivity index (χ4n) is 3.01. The number of ether oxygens (including phenoxy) is 1. The second-order valence-corrected chi connectivity index (χ2v) is 7.30. The zero-order valence-electron chi connectivity index (χ0n) is 15.5. The minimum absolute atomic E-state index is 0.0918. The van der Waals surface area contributed by atoms with E-state index in [-0.39, 0.29) is 12.5 Å². The maximum absolute atomic E-state index is 12.6. The van der Waals surface area contributed by atoms with Gasteiger partial charge >= 0.3 is 0 Å². The highest BCUT2D eigenvalue weighted by Crippen LogP contribution is 2.27. The summed E-state index contributed by atoms with van der Waals surface area (Å²) in [7, 11) is 3.56. The van der Waals surface area contributed by atoms with Gasteiger partial charge in [-0.05, 0) is 56.2 Å². The number of hydrogen-bond donors (Lipinski definition) is 0. The highest BCUT2D eigenvalue weighted by molar-refractivity contribution is 9.10. The Labute approximate surface area is 160 Å². The van der Waals surface area contributed by atoms with E-state index in [4.69, 9.17) is 4.74 Å². The van der Waals surface area contributed by atoms with Crippen molar-refractivity contribution in [2.75, 3.05) is 18.6 Å². The van der Waals surface area contributed by atoms with Crippen LogP contribution in [0.25, 0.3) is 11.0 Å². The van der Waals surface area contributed by atoms with Gasteiger partial charge in [0.1, 0.15) is 0 Å². The van der Waals surface area contributed by atoms with Gasteiger partial charge in [0.05, 0.1) is 5.39 Å². The molecule has 0 fully saturated rings. The van der Waals surface area contributed by atoms with Gasteiger partial charge < -0.3 is 9.64 Å². The van der Waals surface area contributed by atoms with Gasteiger partial charge in [-0.1, -0.05) is 15.9 Å². The molecule has 7 heteroatoms. The number of carbonyl (C=O) groups is 1. The first-order valence-electron chi connectivity index (χ1n) is 8.24. The van der Waals surface area contributed by atoms with Crippen LogP contribution in [-0.2, 0) is 11.8 Å². The van der Waals surface area contributed by atoms with Gasteiger partial charge in [0, 0.05) is 29.9 Å². The maximum atomic E-state index is 12.6. The van der Waals surface area contributed by atoms with Crippen molar-refractivity contribution in [3.8, 4) is 5.88 Å². The van der Waals surface area contributed by atoms with Crippen molar-refractivity contribution in [2.24, 2.45) is 7.05 Å². The smallest absolute Gasteiger partial charge is 0.264 e. The molecule has 26 heavy (non-hydrogen) atoms. The molecule has 0 spiro atoms. The summed E-state index contributed by atoms with van der Waals surface area (Å²) in [4.78, 5) is 18.7. The number of fused-ring (bicyclic) bond motifs is 1. The molecule has 3 aromatic rings. The van der Waals surface area contributed by atoms with Crippen molar-refractivity contribution in [2.45, 2.75) is 20.8 Å². The van der Waals surface area contributed by atoms with Gasteiger partial charge in [-0.25, -0.2) is 9.67 Å². The summed E-state index contributed by atoms with van der Waals surface area (Å²) < 4.78 is 8.42. The molecule has 6 nitrogen and oxygen atoms in total. The monoisotopic (exact) mass is 416 g/mol. The average molecular weight is 417 g/mol. The lowest BCUT2D eigenvalue weighted by molar-refractivity contribution is -0.120. The SMILES string of the molecule is Cc1cc(C)c2c(OCC(=O)N(C)c3ccc(Br)cc3C)nn(C)c2n1. The van der Waals surface area contributed by atoms with Crippen LogP contribution < -0.4 is 9.64 Å². The molecule has 0 aliphatic rings. The lowest BCUT2D eigenvalue weighted by Gasteiger charge is -2.19.